The standard InChI is InChI=1S/C12H9N3O3/c16-12-9(2-1-3-11(12)15(17)18)8-14-10-4-6-13-7-5-10/h1-8,16H. The number of hydrogen-bond donors (Lipinski definition) is 1. The molecule has 6 nitrogen and oxygen atoms in total. The highest BCUT2D eigenvalue weighted by atomic mass is 16.6. The van der Waals surface area contributed by atoms with Gasteiger partial charge in [0.15, 0.2) is 0 Å². The van der Waals surface area contributed by atoms with Crippen LogP contribution in [0.2, 0.25) is 0 Å². The minimum atomic E-state index is -0.640. The number of rotatable bonds is 3. The summed E-state index contributed by atoms with van der Waals surface area (Å²) in [6.45, 7) is 0. The number of aromatic hydroxyl groups is 1. The zero-order valence-corrected chi connectivity index (χ0v) is 9.22. The fourth-order valence-corrected chi connectivity index (χ4v) is 1.37. The van der Waals surface area contributed by atoms with E-state index in [4.69, 9.17) is 0 Å². The molecule has 1 heterocycles. The lowest BCUT2D eigenvalue weighted by atomic mass is 10.2. The normalized spacial score (nSPS) is 10.7. The Kier molecular flexibility index (Phi) is 3.29. The molecule has 0 aliphatic rings. The number of benzene rings is 1. The quantitative estimate of drug-likeness (QED) is 0.509. The average Bonchev–Trinajstić information content (AvgIpc) is 2.38. The number of pyridine rings is 1. The predicted molar refractivity (Wildman–Crippen MR) is 66.3 cm³/mol. The topological polar surface area (TPSA) is 88.6 Å². The number of phenols is 1. The summed E-state index contributed by atoms with van der Waals surface area (Å²) < 4.78 is 0. The van der Waals surface area contributed by atoms with Gasteiger partial charge in [-0.2, -0.15) is 0 Å². The van der Waals surface area contributed by atoms with Crippen LogP contribution in [0.3, 0.4) is 0 Å². The van der Waals surface area contributed by atoms with Crippen molar-refractivity contribution in [1.82, 2.24) is 4.98 Å². The molecule has 0 saturated heterocycles. The van der Waals surface area contributed by atoms with Crippen molar-refractivity contribution in [3.8, 4) is 5.75 Å². The van der Waals surface area contributed by atoms with Gasteiger partial charge in [0.2, 0.25) is 5.75 Å². The van der Waals surface area contributed by atoms with E-state index in [0.29, 0.717) is 11.3 Å². The molecule has 0 atom stereocenters. The summed E-state index contributed by atoms with van der Waals surface area (Å²) in [5, 5.41) is 20.3. The van der Waals surface area contributed by atoms with Gasteiger partial charge in [-0.15, -0.1) is 0 Å². The van der Waals surface area contributed by atoms with Gasteiger partial charge in [-0.25, -0.2) is 0 Å². The molecule has 18 heavy (non-hydrogen) atoms. The first-order valence-electron chi connectivity index (χ1n) is 5.09. The molecule has 0 unspecified atom stereocenters. The lowest BCUT2D eigenvalue weighted by Gasteiger charge is -1.99. The number of hydrogen-bond acceptors (Lipinski definition) is 5. The van der Waals surface area contributed by atoms with Crippen molar-refractivity contribution in [2.75, 3.05) is 0 Å². The van der Waals surface area contributed by atoms with E-state index in [-0.39, 0.29) is 11.4 Å². The average molecular weight is 243 g/mol. The van der Waals surface area contributed by atoms with Gasteiger partial charge in [-0.1, -0.05) is 6.07 Å². The van der Waals surface area contributed by atoms with Crippen LogP contribution in [-0.2, 0) is 0 Å². The number of nitrogens with zero attached hydrogens (tertiary/aromatic N) is 3. The summed E-state index contributed by atoms with van der Waals surface area (Å²) in [6, 6.07) is 7.65. The third-order valence-corrected chi connectivity index (χ3v) is 2.26. The second kappa shape index (κ2) is 5.05. The third-order valence-electron chi connectivity index (χ3n) is 2.26. The molecule has 0 amide bonds. The van der Waals surface area contributed by atoms with E-state index in [1.807, 2.05) is 0 Å². The van der Waals surface area contributed by atoms with Gasteiger partial charge in [0, 0.05) is 30.2 Å². The Bertz CT molecular complexity index is 597. The van der Waals surface area contributed by atoms with E-state index < -0.39 is 4.92 Å². The zero-order valence-electron chi connectivity index (χ0n) is 9.22. The van der Waals surface area contributed by atoms with Crippen LogP contribution in [0.25, 0.3) is 0 Å². The van der Waals surface area contributed by atoms with E-state index in [9.17, 15) is 15.2 Å². The molecular formula is C12H9N3O3. The first kappa shape index (κ1) is 11.7. The highest BCUT2D eigenvalue weighted by Gasteiger charge is 2.14. The van der Waals surface area contributed by atoms with Gasteiger partial charge in [0.25, 0.3) is 0 Å². The van der Waals surface area contributed by atoms with Gasteiger partial charge >= 0.3 is 5.69 Å². The van der Waals surface area contributed by atoms with Gasteiger partial charge in [0.05, 0.1) is 10.6 Å². The minimum Gasteiger partial charge on any atom is -0.502 e. The maximum Gasteiger partial charge on any atom is 0.311 e. The third kappa shape index (κ3) is 2.49. The summed E-state index contributed by atoms with van der Waals surface area (Å²) in [4.78, 5) is 17.9. The second-order valence-electron chi connectivity index (χ2n) is 3.44. The van der Waals surface area contributed by atoms with E-state index in [2.05, 4.69) is 9.98 Å². The number of nitro benzene ring substituents is 1. The molecule has 0 aliphatic heterocycles. The monoisotopic (exact) mass is 243 g/mol. The van der Waals surface area contributed by atoms with Crippen LogP contribution < -0.4 is 0 Å². The van der Waals surface area contributed by atoms with E-state index in [0.717, 1.165) is 0 Å². The first-order chi connectivity index (χ1) is 8.68. The predicted octanol–water partition coefficient (Wildman–Crippen LogP) is 2.45. The van der Waals surface area contributed by atoms with Gasteiger partial charge in [0.1, 0.15) is 0 Å². The van der Waals surface area contributed by atoms with Gasteiger partial charge in [-0.05, 0) is 18.2 Å². The molecule has 1 aromatic carbocycles. The summed E-state index contributed by atoms with van der Waals surface area (Å²) >= 11 is 0. The number of para-hydroxylation sites is 1. The summed E-state index contributed by atoms with van der Waals surface area (Å²) in [6.07, 6.45) is 4.54. The lowest BCUT2D eigenvalue weighted by Crippen LogP contribution is -1.91. The number of phenolic OH excluding ortho intramolecular Hbond substituents is 1. The Balaban J connectivity index is 2.33. The molecule has 0 fully saturated rings. The number of nitro groups is 1. The van der Waals surface area contributed by atoms with Crippen LogP contribution in [-0.4, -0.2) is 21.2 Å². The van der Waals surface area contributed by atoms with Crippen molar-refractivity contribution >= 4 is 17.6 Å². The van der Waals surface area contributed by atoms with Gasteiger partial charge < -0.3 is 5.11 Å². The summed E-state index contributed by atoms with van der Waals surface area (Å²) in [5.41, 5.74) is 0.602. The molecule has 90 valence electrons. The van der Waals surface area contributed by atoms with E-state index in [1.165, 1.54) is 18.3 Å². The molecule has 0 radical (unpaired) electrons. The van der Waals surface area contributed by atoms with Crippen LogP contribution in [0, 0.1) is 10.1 Å². The first-order valence-corrected chi connectivity index (χ1v) is 5.09. The molecular weight excluding hydrogens is 234 g/mol. The summed E-state index contributed by atoms with van der Waals surface area (Å²) in [7, 11) is 0. The number of aromatic nitrogens is 1. The van der Waals surface area contributed by atoms with Crippen molar-refractivity contribution < 1.29 is 10.0 Å². The van der Waals surface area contributed by atoms with Crippen molar-refractivity contribution in [2.24, 2.45) is 4.99 Å². The number of aliphatic imine (C=N–C) groups is 1. The molecule has 0 bridgehead atoms. The zero-order chi connectivity index (χ0) is 13.0. The van der Waals surface area contributed by atoms with Gasteiger partial charge in [-0.3, -0.25) is 20.1 Å². The summed E-state index contributed by atoms with van der Waals surface area (Å²) in [5.74, 6) is -0.389. The molecule has 2 aromatic rings. The van der Waals surface area contributed by atoms with E-state index in [1.54, 1.807) is 30.6 Å². The minimum absolute atomic E-state index is 0.293. The molecule has 6 heteroatoms. The Labute approximate surface area is 102 Å². The Morgan fingerprint density at radius 1 is 1.28 bits per heavy atom. The van der Waals surface area contributed by atoms with Crippen molar-refractivity contribution in [3.05, 3.63) is 58.4 Å². The Morgan fingerprint density at radius 3 is 2.67 bits per heavy atom. The molecule has 0 aliphatic carbocycles. The Hall–Kier alpha value is -2.76. The molecule has 1 N–H and O–H groups in total. The van der Waals surface area contributed by atoms with Crippen LogP contribution >= 0.6 is 0 Å². The largest absolute Gasteiger partial charge is 0.502 e. The molecule has 2 rings (SSSR count). The smallest absolute Gasteiger partial charge is 0.311 e. The SMILES string of the molecule is O=[N+]([O-])c1cccc(C=Nc2ccncc2)c1O. The Morgan fingerprint density at radius 2 is 2.00 bits per heavy atom. The highest BCUT2D eigenvalue weighted by molar-refractivity contribution is 5.87. The molecule has 0 saturated carbocycles. The van der Waals surface area contributed by atoms with Crippen molar-refractivity contribution in [2.45, 2.75) is 0 Å². The maximum atomic E-state index is 10.6. The fourth-order valence-electron chi connectivity index (χ4n) is 1.37. The lowest BCUT2D eigenvalue weighted by molar-refractivity contribution is -0.385. The van der Waals surface area contributed by atoms with Crippen molar-refractivity contribution in [1.29, 1.82) is 0 Å². The van der Waals surface area contributed by atoms with Crippen LogP contribution in [0.4, 0.5) is 11.4 Å². The van der Waals surface area contributed by atoms with Crippen LogP contribution in [0.5, 0.6) is 5.75 Å². The molecule has 0 spiro atoms. The molecule has 1 aromatic heterocycles. The second-order valence-corrected chi connectivity index (χ2v) is 3.44. The van der Waals surface area contributed by atoms with Crippen LogP contribution in [0.15, 0.2) is 47.7 Å². The van der Waals surface area contributed by atoms with Crippen LogP contribution in [0.1, 0.15) is 5.56 Å². The fraction of sp³-hybridized carbons (Fsp3) is 0. The maximum absolute atomic E-state index is 10.6. The highest BCUT2D eigenvalue weighted by Crippen LogP contribution is 2.28. The van der Waals surface area contributed by atoms with E-state index >= 15 is 0 Å². The van der Waals surface area contributed by atoms with Crippen molar-refractivity contribution in [3.63, 3.8) is 0 Å².